The lowest BCUT2D eigenvalue weighted by Crippen LogP contribution is -2.55. The van der Waals surface area contributed by atoms with E-state index >= 15 is 0 Å². The van der Waals surface area contributed by atoms with Gasteiger partial charge in [-0.05, 0) is 11.1 Å². The van der Waals surface area contributed by atoms with Gasteiger partial charge in [0.05, 0.1) is 26.2 Å². The average Bonchev–Trinajstić information content (AvgIpc) is 3.18. The molecule has 1 aromatic heterocycles. The van der Waals surface area contributed by atoms with Crippen LogP contribution in [0.1, 0.15) is 21.0 Å². The van der Waals surface area contributed by atoms with Gasteiger partial charge in [-0.3, -0.25) is 9.59 Å². The van der Waals surface area contributed by atoms with E-state index in [9.17, 15) is 9.59 Å². The SMILES string of the molecule is [NH3+]CCNC(=O)c1[nH]c(C(=O)NCC[NH3+])c(-c2ccccc2)c1-c1ccccc1. The van der Waals surface area contributed by atoms with E-state index in [0.29, 0.717) is 48.7 Å². The maximum Gasteiger partial charge on any atom is 0.268 e. The quantitative estimate of drug-likeness (QED) is 0.377. The largest absolute Gasteiger partial charge is 0.356 e. The number of rotatable bonds is 8. The number of nitrogens with one attached hydrogen (secondary N) is 3. The van der Waals surface area contributed by atoms with Crippen molar-refractivity contribution in [2.75, 3.05) is 26.2 Å². The standard InChI is InChI=1S/C22H25N5O2/c23-11-13-25-21(28)19-17(15-7-3-1-4-8-15)18(16-9-5-2-6-10-16)20(27-19)22(29)26-14-12-24/h1-10,27H,11-14,23-24H2,(H,25,28)(H,26,29)/p+2. The minimum absolute atomic E-state index is 0.263. The van der Waals surface area contributed by atoms with Gasteiger partial charge >= 0.3 is 0 Å². The van der Waals surface area contributed by atoms with E-state index in [1.807, 2.05) is 60.7 Å². The number of aromatic amines is 1. The van der Waals surface area contributed by atoms with E-state index in [4.69, 9.17) is 0 Å². The number of hydrogen-bond donors (Lipinski definition) is 5. The highest BCUT2D eigenvalue weighted by Gasteiger charge is 2.27. The molecular weight excluding hydrogens is 366 g/mol. The topological polar surface area (TPSA) is 129 Å². The number of hydrogen-bond acceptors (Lipinski definition) is 2. The Morgan fingerprint density at radius 1 is 0.690 bits per heavy atom. The Morgan fingerprint density at radius 2 is 1.07 bits per heavy atom. The minimum Gasteiger partial charge on any atom is -0.356 e. The molecular formula is C22H27N5O2+2. The first-order valence-corrected chi connectivity index (χ1v) is 9.69. The van der Waals surface area contributed by atoms with Gasteiger partial charge in [-0.15, -0.1) is 0 Å². The molecule has 3 rings (SSSR count). The Balaban J connectivity index is 2.24. The molecule has 3 aromatic rings. The fourth-order valence-corrected chi connectivity index (χ4v) is 3.21. The Hall–Kier alpha value is -3.42. The molecule has 0 fully saturated rings. The maximum absolute atomic E-state index is 12.9. The van der Waals surface area contributed by atoms with Gasteiger partial charge < -0.3 is 27.1 Å². The van der Waals surface area contributed by atoms with Crippen LogP contribution in [-0.4, -0.2) is 43.0 Å². The van der Waals surface area contributed by atoms with Gasteiger partial charge in [-0.25, -0.2) is 0 Å². The molecule has 0 aliphatic rings. The predicted octanol–water partition coefficient (Wildman–Crippen LogP) is 0.292. The lowest BCUT2D eigenvalue weighted by atomic mass is 9.94. The molecule has 0 atom stereocenters. The number of carbonyl (C=O) groups is 2. The number of amides is 2. The molecule has 2 aromatic carbocycles. The van der Waals surface area contributed by atoms with Crippen LogP contribution in [0.2, 0.25) is 0 Å². The third-order valence-corrected chi connectivity index (χ3v) is 4.50. The maximum atomic E-state index is 12.9. The average molecular weight is 393 g/mol. The van der Waals surface area contributed by atoms with Crippen LogP contribution in [-0.2, 0) is 0 Å². The molecule has 0 aliphatic heterocycles. The Bertz CT molecular complexity index is 890. The Labute approximate surface area is 169 Å². The summed E-state index contributed by atoms with van der Waals surface area (Å²) in [5.74, 6) is -0.526. The highest BCUT2D eigenvalue weighted by Crippen LogP contribution is 2.38. The number of quaternary nitrogens is 2. The fraction of sp³-hybridized carbons (Fsp3) is 0.182. The van der Waals surface area contributed by atoms with Crippen molar-refractivity contribution in [3.05, 3.63) is 72.1 Å². The van der Waals surface area contributed by atoms with Crippen molar-refractivity contribution in [2.24, 2.45) is 0 Å². The van der Waals surface area contributed by atoms with Gasteiger partial charge in [0.15, 0.2) is 0 Å². The minimum atomic E-state index is -0.263. The van der Waals surface area contributed by atoms with Crippen molar-refractivity contribution in [3.63, 3.8) is 0 Å². The second-order valence-corrected chi connectivity index (χ2v) is 6.58. The molecule has 0 saturated heterocycles. The van der Waals surface area contributed by atoms with Gasteiger partial charge in [0.25, 0.3) is 11.8 Å². The van der Waals surface area contributed by atoms with Gasteiger partial charge in [-0.1, -0.05) is 60.7 Å². The van der Waals surface area contributed by atoms with E-state index in [1.54, 1.807) is 0 Å². The summed E-state index contributed by atoms with van der Waals surface area (Å²) >= 11 is 0. The number of H-pyrrole nitrogens is 1. The third kappa shape index (κ3) is 4.53. The van der Waals surface area contributed by atoms with E-state index < -0.39 is 0 Å². The summed E-state index contributed by atoms with van der Waals surface area (Å²) in [6.45, 7) is 2.07. The smallest absolute Gasteiger partial charge is 0.268 e. The molecule has 7 heteroatoms. The van der Waals surface area contributed by atoms with Gasteiger partial charge in [0.2, 0.25) is 0 Å². The van der Waals surface area contributed by atoms with Crippen LogP contribution < -0.4 is 22.1 Å². The zero-order valence-electron chi connectivity index (χ0n) is 16.3. The Morgan fingerprint density at radius 3 is 1.41 bits per heavy atom. The second-order valence-electron chi connectivity index (χ2n) is 6.58. The van der Waals surface area contributed by atoms with Crippen molar-refractivity contribution >= 4 is 11.8 Å². The van der Waals surface area contributed by atoms with Crippen molar-refractivity contribution in [2.45, 2.75) is 0 Å². The molecule has 0 aliphatic carbocycles. The highest BCUT2D eigenvalue weighted by molar-refractivity contribution is 6.11. The van der Waals surface area contributed by atoms with E-state index in [1.165, 1.54) is 0 Å². The molecule has 1 heterocycles. The summed E-state index contributed by atoms with van der Waals surface area (Å²) in [5.41, 5.74) is 11.4. The number of benzene rings is 2. The van der Waals surface area contributed by atoms with Gasteiger partial charge in [0, 0.05) is 11.1 Å². The second kappa shape index (κ2) is 9.68. The normalized spacial score (nSPS) is 10.6. The third-order valence-electron chi connectivity index (χ3n) is 4.50. The van der Waals surface area contributed by atoms with Crippen LogP contribution >= 0.6 is 0 Å². The molecule has 150 valence electrons. The van der Waals surface area contributed by atoms with Gasteiger partial charge in [0.1, 0.15) is 11.4 Å². The lowest BCUT2D eigenvalue weighted by Gasteiger charge is -2.10. The van der Waals surface area contributed by atoms with Crippen molar-refractivity contribution in [1.82, 2.24) is 15.6 Å². The van der Waals surface area contributed by atoms with Gasteiger partial charge in [-0.2, -0.15) is 0 Å². The van der Waals surface area contributed by atoms with Crippen LogP contribution in [0.4, 0.5) is 0 Å². The summed E-state index contributed by atoms with van der Waals surface area (Å²) in [6.07, 6.45) is 0. The summed E-state index contributed by atoms with van der Waals surface area (Å²) in [4.78, 5) is 28.9. The zero-order valence-corrected chi connectivity index (χ0v) is 16.3. The molecule has 29 heavy (non-hydrogen) atoms. The molecule has 2 amide bonds. The number of aromatic nitrogens is 1. The zero-order chi connectivity index (χ0) is 20.6. The summed E-state index contributed by atoms with van der Waals surface area (Å²) in [5, 5.41) is 5.72. The van der Waals surface area contributed by atoms with Crippen LogP contribution in [0.15, 0.2) is 60.7 Å². The predicted molar refractivity (Wildman–Crippen MR) is 112 cm³/mol. The summed E-state index contributed by atoms with van der Waals surface area (Å²) in [6, 6.07) is 19.2. The molecule has 9 N–H and O–H groups in total. The molecule has 7 nitrogen and oxygen atoms in total. The van der Waals surface area contributed by atoms with Crippen LogP contribution in [0, 0.1) is 0 Å². The molecule has 0 spiro atoms. The molecule has 0 radical (unpaired) electrons. The first-order valence-electron chi connectivity index (χ1n) is 9.69. The first-order chi connectivity index (χ1) is 14.2. The Kier molecular flexibility index (Phi) is 6.78. The summed E-state index contributed by atoms with van der Waals surface area (Å²) < 4.78 is 0. The van der Waals surface area contributed by atoms with Crippen molar-refractivity contribution in [1.29, 1.82) is 0 Å². The van der Waals surface area contributed by atoms with Crippen molar-refractivity contribution in [3.8, 4) is 22.3 Å². The highest BCUT2D eigenvalue weighted by atomic mass is 16.2. The summed E-state index contributed by atoms with van der Waals surface area (Å²) in [7, 11) is 0. The monoisotopic (exact) mass is 393 g/mol. The number of carbonyl (C=O) groups excluding carboxylic acids is 2. The molecule has 0 bridgehead atoms. The van der Waals surface area contributed by atoms with Crippen LogP contribution in [0.25, 0.3) is 22.3 Å². The van der Waals surface area contributed by atoms with Crippen LogP contribution in [0.5, 0.6) is 0 Å². The van der Waals surface area contributed by atoms with Crippen LogP contribution in [0.3, 0.4) is 0 Å². The first kappa shape index (κ1) is 20.3. The fourth-order valence-electron chi connectivity index (χ4n) is 3.21. The van der Waals surface area contributed by atoms with E-state index in [0.717, 1.165) is 11.1 Å². The molecule has 0 unspecified atom stereocenters. The van der Waals surface area contributed by atoms with Crippen molar-refractivity contribution < 1.29 is 21.1 Å². The molecule has 0 saturated carbocycles. The van der Waals surface area contributed by atoms with E-state index in [-0.39, 0.29) is 11.8 Å². The lowest BCUT2D eigenvalue weighted by molar-refractivity contribution is -0.365. The van der Waals surface area contributed by atoms with E-state index in [2.05, 4.69) is 27.1 Å².